The summed E-state index contributed by atoms with van der Waals surface area (Å²) in [6.07, 6.45) is 38.7. The Morgan fingerprint density at radius 1 is 0.571 bits per heavy atom. The largest absolute Gasteiger partial charge is 0.481 e. The van der Waals surface area contributed by atoms with Crippen LogP contribution in [0.1, 0.15) is 74.1 Å². The van der Waals surface area contributed by atoms with Gasteiger partial charge in [0.15, 0.2) is 0 Å². The summed E-state index contributed by atoms with van der Waals surface area (Å²) in [6.45, 7) is 14.5. The number of allylic oxidation sites excluding steroid dienone is 23. The highest BCUT2D eigenvalue weighted by atomic mass is 16.5. The van der Waals surface area contributed by atoms with Crippen molar-refractivity contribution < 1.29 is 19.4 Å². The van der Waals surface area contributed by atoms with Crippen LogP contribution in [0.15, 0.2) is 143 Å². The third-order valence-corrected chi connectivity index (χ3v) is 5.70. The predicted molar refractivity (Wildman–Crippen MR) is 180 cm³/mol. The van der Waals surface area contributed by atoms with E-state index in [2.05, 4.69) is 114 Å². The Bertz CT molecular complexity index is 1220. The van der Waals surface area contributed by atoms with E-state index in [4.69, 9.17) is 9.84 Å². The molecule has 0 fully saturated rings. The van der Waals surface area contributed by atoms with E-state index >= 15 is 0 Å². The number of carboxylic acid groups (broad SMARTS) is 1. The zero-order chi connectivity index (χ0) is 31.6. The zero-order valence-corrected chi connectivity index (χ0v) is 26.6. The van der Waals surface area contributed by atoms with Crippen molar-refractivity contribution in [2.45, 2.75) is 74.1 Å². The molecule has 4 heteroatoms. The number of rotatable bonds is 18. The van der Waals surface area contributed by atoms with Crippen LogP contribution in [0.2, 0.25) is 0 Å². The Kier molecular flexibility index (Phi) is 22.2. The summed E-state index contributed by atoms with van der Waals surface area (Å²) in [5.74, 6) is -1.48. The van der Waals surface area contributed by atoms with Crippen molar-refractivity contribution in [3.8, 4) is 0 Å². The van der Waals surface area contributed by atoms with E-state index in [1.165, 1.54) is 22.3 Å². The molecule has 0 amide bonds. The van der Waals surface area contributed by atoms with Crippen LogP contribution in [-0.4, -0.2) is 23.7 Å². The van der Waals surface area contributed by atoms with Crippen LogP contribution in [0, 0.1) is 0 Å². The van der Waals surface area contributed by atoms with Gasteiger partial charge in [-0.05, 0) is 66.9 Å². The third-order valence-electron chi connectivity index (χ3n) is 5.70. The lowest BCUT2D eigenvalue weighted by Gasteiger charge is -2.04. The maximum absolute atomic E-state index is 11.5. The molecule has 0 saturated heterocycles. The van der Waals surface area contributed by atoms with Crippen molar-refractivity contribution in [2.24, 2.45) is 0 Å². The van der Waals surface area contributed by atoms with E-state index in [1.54, 1.807) is 0 Å². The lowest BCUT2D eigenvalue weighted by atomic mass is 10.1. The Morgan fingerprint density at radius 3 is 1.55 bits per heavy atom. The van der Waals surface area contributed by atoms with Gasteiger partial charge in [-0.3, -0.25) is 9.59 Å². The van der Waals surface area contributed by atoms with Crippen LogP contribution >= 0.6 is 0 Å². The Balaban J connectivity index is 4.60. The zero-order valence-electron chi connectivity index (χ0n) is 26.6. The molecule has 4 nitrogen and oxygen atoms in total. The minimum atomic E-state index is -1.000. The number of carbonyl (C=O) groups is 2. The topological polar surface area (TPSA) is 63.6 Å². The van der Waals surface area contributed by atoms with E-state index < -0.39 is 11.9 Å². The summed E-state index contributed by atoms with van der Waals surface area (Å²) >= 11 is 0. The van der Waals surface area contributed by atoms with Crippen LogP contribution in [0.5, 0.6) is 0 Å². The monoisotopic (exact) mass is 570 g/mol. The first-order valence-corrected chi connectivity index (χ1v) is 14.4. The molecule has 1 N–H and O–H groups in total. The molecule has 0 spiro atoms. The van der Waals surface area contributed by atoms with Gasteiger partial charge in [-0.1, -0.05) is 137 Å². The van der Waals surface area contributed by atoms with Crippen LogP contribution < -0.4 is 0 Å². The minimum absolute atomic E-state index is 0.0981. The normalized spacial score (nSPS) is 15.1. The Hall–Kier alpha value is -4.18. The molecule has 42 heavy (non-hydrogen) atoms. The second-order valence-corrected chi connectivity index (χ2v) is 10.1. The molecule has 0 aliphatic carbocycles. The van der Waals surface area contributed by atoms with Crippen molar-refractivity contribution in [1.82, 2.24) is 0 Å². The summed E-state index contributed by atoms with van der Waals surface area (Å²) in [5.41, 5.74) is 6.93. The van der Waals surface area contributed by atoms with Crippen molar-refractivity contribution >= 4 is 11.9 Å². The smallest absolute Gasteiger partial charge is 0.306 e. The first-order valence-electron chi connectivity index (χ1n) is 14.4. The standard InChI is InChI=1S/C38H50O4/c1-8-9-10-17-31(2)20-13-21-32(3)18-11-12-19-33(4)22-14-23-34(5)24-15-25-35(6)26-16-27-36(7)30-42-38(41)29-28-37(39)40/h8-15,17-25,27H,16,26,28-30H2,1-7H3,(H,39,40)/b9-8-,12-11+,17-10+,21-13+,22-14+,24-15+,31-20+,32-18+,33-19+,34-23+,35-25+,36-27+. The molecule has 0 aromatic heterocycles. The second kappa shape index (κ2) is 24.6. The fourth-order valence-electron chi connectivity index (χ4n) is 3.19. The van der Waals surface area contributed by atoms with Gasteiger partial charge in [0, 0.05) is 0 Å². The van der Waals surface area contributed by atoms with Gasteiger partial charge in [0.25, 0.3) is 0 Å². The molecule has 0 unspecified atom stereocenters. The number of ether oxygens (including phenoxy) is 1. The summed E-state index contributed by atoms with van der Waals surface area (Å²) in [4.78, 5) is 22.0. The van der Waals surface area contributed by atoms with Gasteiger partial charge in [0.05, 0.1) is 12.8 Å². The molecular formula is C38H50O4. The summed E-state index contributed by atoms with van der Waals surface area (Å²) < 4.78 is 5.09. The van der Waals surface area contributed by atoms with Crippen LogP contribution in [0.4, 0.5) is 0 Å². The molecule has 0 saturated carbocycles. The summed E-state index contributed by atoms with van der Waals surface area (Å²) in [7, 11) is 0. The second-order valence-electron chi connectivity index (χ2n) is 10.1. The first-order chi connectivity index (χ1) is 20.0. The molecule has 0 bridgehead atoms. The highest BCUT2D eigenvalue weighted by Crippen LogP contribution is 2.09. The highest BCUT2D eigenvalue weighted by molar-refractivity contribution is 5.76. The molecule has 0 rings (SSSR count). The average molecular weight is 571 g/mol. The number of hydrogen-bond donors (Lipinski definition) is 1. The lowest BCUT2D eigenvalue weighted by Crippen LogP contribution is -2.08. The van der Waals surface area contributed by atoms with Gasteiger partial charge in [-0.15, -0.1) is 0 Å². The maximum Gasteiger partial charge on any atom is 0.306 e. The van der Waals surface area contributed by atoms with Gasteiger partial charge in [-0.2, -0.15) is 0 Å². The van der Waals surface area contributed by atoms with E-state index in [0.717, 1.165) is 24.0 Å². The highest BCUT2D eigenvalue weighted by Gasteiger charge is 2.06. The molecular weight excluding hydrogens is 520 g/mol. The van der Waals surface area contributed by atoms with E-state index in [9.17, 15) is 9.59 Å². The van der Waals surface area contributed by atoms with Gasteiger partial charge >= 0.3 is 11.9 Å². The maximum atomic E-state index is 11.5. The molecule has 0 aromatic rings. The molecule has 0 aliphatic rings. The molecule has 0 radical (unpaired) electrons. The summed E-state index contributed by atoms with van der Waals surface area (Å²) in [6, 6.07) is 0. The number of hydrogen-bond acceptors (Lipinski definition) is 3. The minimum Gasteiger partial charge on any atom is -0.481 e. The van der Waals surface area contributed by atoms with E-state index in [-0.39, 0.29) is 19.4 Å². The molecule has 0 aliphatic heterocycles. The Morgan fingerprint density at radius 2 is 1.05 bits per heavy atom. The summed E-state index contributed by atoms with van der Waals surface area (Å²) in [5, 5.41) is 8.60. The fraction of sp³-hybridized carbons (Fsp3) is 0.316. The quantitative estimate of drug-likeness (QED) is 0.101. The van der Waals surface area contributed by atoms with Gasteiger partial charge in [0.2, 0.25) is 0 Å². The van der Waals surface area contributed by atoms with Crippen molar-refractivity contribution in [1.29, 1.82) is 0 Å². The van der Waals surface area contributed by atoms with Crippen LogP contribution in [0.3, 0.4) is 0 Å². The molecule has 0 aromatic carbocycles. The number of esters is 1. The van der Waals surface area contributed by atoms with Crippen molar-refractivity contribution in [2.75, 3.05) is 6.61 Å². The van der Waals surface area contributed by atoms with Gasteiger partial charge < -0.3 is 9.84 Å². The fourth-order valence-corrected chi connectivity index (χ4v) is 3.19. The van der Waals surface area contributed by atoms with Crippen LogP contribution in [-0.2, 0) is 14.3 Å². The number of aliphatic carboxylic acids is 1. The molecule has 0 atom stereocenters. The molecule has 226 valence electrons. The predicted octanol–water partition coefficient (Wildman–Crippen LogP) is 10.2. The van der Waals surface area contributed by atoms with Gasteiger partial charge in [0.1, 0.15) is 6.61 Å². The van der Waals surface area contributed by atoms with E-state index in [0.29, 0.717) is 0 Å². The van der Waals surface area contributed by atoms with E-state index in [1.807, 2.05) is 44.2 Å². The number of carboxylic acids is 1. The van der Waals surface area contributed by atoms with Crippen molar-refractivity contribution in [3.05, 3.63) is 143 Å². The SMILES string of the molecule is C\C=C/C=C/C(C)=C/C=C/C(C)=C/C=C/C=C(C)/C=C/C=C(C)/C=C/C=C(\C)CC/C=C(\C)COC(=O)CCC(=O)O. The molecule has 0 heterocycles. The van der Waals surface area contributed by atoms with Gasteiger partial charge in [-0.25, -0.2) is 0 Å². The lowest BCUT2D eigenvalue weighted by molar-refractivity contribution is -0.147. The first kappa shape index (κ1) is 37.8. The average Bonchev–Trinajstić information content (AvgIpc) is 2.93. The number of carbonyl (C=O) groups excluding carboxylic acids is 1. The third kappa shape index (κ3) is 24.8. The van der Waals surface area contributed by atoms with Crippen LogP contribution in [0.25, 0.3) is 0 Å². The Labute approximate surface area is 254 Å². The van der Waals surface area contributed by atoms with Crippen molar-refractivity contribution in [3.63, 3.8) is 0 Å².